The van der Waals surface area contributed by atoms with Crippen molar-refractivity contribution in [3.05, 3.63) is 92.9 Å². The van der Waals surface area contributed by atoms with Crippen molar-refractivity contribution in [2.75, 3.05) is 0 Å². The van der Waals surface area contributed by atoms with Crippen LogP contribution >= 0.6 is 11.6 Å². The van der Waals surface area contributed by atoms with Crippen molar-refractivity contribution in [3.63, 3.8) is 0 Å². The van der Waals surface area contributed by atoms with Crippen molar-refractivity contribution in [1.29, 1.82) is 0 Å². The second-order valence-corrected chi connectivity index (χ2v) is 5.93. The number of amides is 1. The standard InChI is InChI=1S/C19H16ClN3O2/c1-13-11-17(24)18(22-23(13)15-8-3-2-4-9-15)19(25)21-12-14-7-5-6-10-16(14)20/h2-11H,12H2,1H3,(H,21,25). The average molecular weight is 354 g/mol. The van der Waals surface area contributed by atoms with Gasteiger partial charge in [-0.1, -0.05) is 48.0 Å². The molecule has 0 saturated heterocycles. The van der Waals surface area contributed by atoms with Gasteiger partial charge in [-0.25, -0.2) is 4.68 Å². The minimum Gasteiger partial charge on any atom is -0.346 e. The lowest BCUT2D eigenvalue weighted by Gasteiger charge is -2.11. The van der Waals surface area contributed by atoms with Gasteiger partial charge in [0.15, 0.2) is 5.69 Å². The first-order valence-corrected chi connectivity index (χ1v) is 8.12. The van der Waals surface area contributed by atoms with Crippen LogP contribution in [0.25, 0.3) is 5.69 Å². The van der Waals surface area contributed by atoms with Gasteiger partial charge in [-0.05, 0) is 30.7 Å². The predicted octanol–water partition coefficient (Wildman–Crippen LogP) is 3.12. The van der Waals surface area contributed by atoms with Crippen molar-refractivity contribution in [3.8, 4) is 5.69 Å². The van der Waals surface area contributed by atoms with Crippen LogP contribution in [-0.4, -0.2) is 15.7 Å². The smallest absolute Gasteiger partial charge is 0.276 e. The van der Waals surface area contributed by atoms with E-state index in [1.54, 1.807) is 17.7 Å². The van der Waals surface area contributed by atoms with E-state index in [4.69, 9.17) is 11.6 Å². The maximum Gasteiger partial charge on any atom is 0.276 e. The second-order valence-electron chi connectivity index (χ2n) is 5.52. The molecule has 0 atom stereocenters. The van der Waals surface area contributed by atoms with Crippen LogP contribution in [0.1, 0.15) is 21.7 Å². The summed E-state index contributed by atoms with van der Waals surface area (Å²) in [5, 5.41) is 7.49. The number of hydrogen-bond donors (Lipinski definition) is 1. The molecule has 1 amide bonds. The average Bonchev–Trinajstić information content (AvgIpc) is 2.61. The van der Waals surface area contributed by atoms with Crippen molar-refractivity contribution >= 4 is 17.5 Å². The Morgan fingerprint density at radius 3 is 2.52 bits per heavy atom. The van der Waals surface area contributed by atoms with Crippen LogP contribution in [0, 0.1) is 6.92 Å². The Balaban J connectivity index is 1.88. The Bertz CT molecular complexity index is 968. The van der Waals surface area contributed by atoms with Crippen molar-refractivity contribution < 1.29 is 4.79 Å². The van der Waals surface area contributed by atoms with E-state index < -0.39 is 11.3 Å². The third-order valence-electron chi connectivity index (χ3n) is 3.72. The number of halogens is 1. The number of nitrogens with zero attached hydrogens (tertiary/aromatic N) is 2. The van der Waals surface area contributed by atoms with Crippen molar-refractivity contribution in [1.82, 2.24) is 15.1 Å². The van der Waals surface area contributed by atoms with Gasteiger partial charge in [0.05, 0.1) is 5.69 Å². The maximum absolute atomic E-state index is 12.4. The highest BCUT2D eigenvalue weighted by Crippen LogP contribution is 2.14. The van der Waals surface area contributed by atoms with Crippen LogP contribution in [0.15, 0.2) is 65.5 Å². The van der Waals surface area contributed by atoms with Crippen LogP contribution in [0.5, 0.6) is 0 Å². The molecule has 6 heteroatoms. The largest absolute Gasteiger partial charge is 0.346 e. The molecule has 0 unspecified atom stereocenters. The number of hydrogen-bond acceptors (Lipinski definition) is 3. The summed E-state index contributed by atoms with van der Waals surface area (Å²) in [4.78, 5) is 24.6. The monoisotopic (exact) mass is 353 g/mol. The molecule has 5 nitrogen and oxygen atoms in total. The first-order chi connectivity index (χ1) is 12.1. The van der Waals surface area contributed by atoms with Crippen LogP contribution in [0.3, 0.4) is 0 Å². The zero-order valence-corrected chi connectivity index (χ0v) is 14.3. The summed E-state index contributed by atoms with van der Waals surface area (Å²) in [5.41, 5.74) is 1.63. The summed E-state index contributed by atoms with van der Waals surface area (Å²) in [6, 6.07) is 17.9. The highest BCUT2D eigenvalue weighted by atomic mass is 35.5. The molecule has 1 aromatic heterocycles. The lowest BCUT2D eigenvalue weighted by atomic mass is 10.2. The fraction of sp³-hybridized carbons (Fsp3) is 0.105. The number of benzene rings is 2. The molecular formula is C19H16ClN3O2. The summed E-state index contributed by atoms with van der Waals surface area (Å²) in [6.45, 7) is 1.99. The molecule has 0 aliphatic rings. The molecule has 2 aromatic carbocycles. The molecule has 3 rings (SSSR count). The minimum absolute atomic E-state index is 0.151. The zero-order valence-electron chi connectivity index (χ0n) is 13.6. The van der Waals surface area contributed by atoms with E-state index in [-0.39, 0.29) is 12.2 Å². The number of rotatable bonds is 4. The van der Waals surface area contributed by atoms with Crippen LogP contribution in [-0.2, 0) is 6.54 Å². The van der Waals surface area contributed by atoms with E-state index in [9.17, 15) is 9.59 Å². The molecule has 0 aliphatic heterocycles. The van der Waals surface area contributed by atoms with Gasteiger partial charge in [0.2, 0.25) is 5.43 Å². The van der Waals surface area contributed by atoms with Gasteiger partial charge in [-0.3, -0.25) is 9.59 Å². The molecule has 25 heavy (non-hydrogen) atoms. The molecule has 3 aromatic rings. The number of aromatic nitrogens is 2. The highest BCUT2D eigenvalue weighted by Gasteiger charge is 2.15. The SMILES string of the molecule is Cc1cc(=O)c(C(=O)NCc2ccccc2Cl)nn1-c1ccccc1. The van der Waals surface area contributed by atoms with E-state index in [0.29, 0.717) is 10.7 Å². The fourth-order valence-electron chi connectivity index (χ4n) is 2.44. The third-order valence-corrected chi connectivity index (χ3v) is 4.09. The van der Waals surface area contributed by atoms with Crippen LogP contribution in [0.4, 0.5) is 0 Å². The Kier molecular flexibility index (Phi) is 4.95. The first-order valence-electron chi connectivity index (χ1n) is 7.74. The van der Waals surface area contributed by atoms with Crippen LogP contribution in [0.2, 0.25) is 5.02 Å². The van der Waals surface area contributed by atoms with Gasteiger partial charge in [-0.2, -0.15) is 5.10 Å². The Morgan fingerprint density at radius 1 is 1.12 bits per heavy atom. The fourth-order valence-corrected chi connectivity index (χ4v) is 2.64. The molecule has 1 N–H and O–H groups in total. The molecular weight excluding hydrogens is 338 g/mol. The summed E-state index contributed by atoms with van der Waals surface area (Å²) < 4.78 is 1.58. The number of carbonyl (C=O) groups excluding carboxylic acids is 1. The summed E-state index contributed by atoms with van der Waals surface area (Å²) >= 11 is 6.08. The zero-order chi connectivity index (χ0) is 17.8. The van der Waals surface area contributed by atoms with E-state index in [2.05, 4.69) is 10.4 Å². The molecule has 0 saturated carbocycles. The first kappa shape index (κ1) is 16.9. The van der Waals surface area contributed by atoms with Gasteiger partial charge in [0.25, 0.3) is 5.91 Å². The topological polar surface area (TPSA) is 64.0 Å². The van der Waals surface area contributed by atoms with Gasteiger partial charge in [0, 0.05) is 23.3 Å². The molecule has 0 aliphatic carbocycles. The molecule has 126 valence electrons. The van der Waals surface area contributed by atoms with Crippen molar-refractivity contribution in [2.45, 2.75) is 13.5 Å². The van der Waals surface area contributed by atoms with Gasteiger partial charge >= 0.3 is 0 Å². The van der Waals surface area contributed by atoms with Crippen molar-refractivity contribution in [2.24, 2.45) is 0 Å². The number of carbonyl (C=O) groups is 1. The molecule has 0 spiro atoms. The summed E-state index contributed by atoms with van der Waals surface area (Å²) in [6.07, 6.45) is 0. The Hall–Kier alpha value is -2.92. The predicted molar refractivity (Wildman–Crippen MR) is 97.2 cm³/mol. The third kappa shape index (κ3) is 3.78. The van der Waals surface area contributed by atoms with E-state index in [1.807, 2.05) is 48.5 Å². The summed E-state index contributed by atoms with van der Waals surface area (Å²) in [7, 11) is 0. The second kappa shape index (κ2) is 7.32. The Labute approximate surface area is 149 Å². The number of nitrogens with one attached hydrogen (secondary N) is 1. The van der Waals surface area contributed by atoms with Gasteiger partial charge in [0.1, 0.15) is 0 Å². The maximum atomic E-state index is 12.4. The van der Waals surface area contributed by atoms with Crippen LogP contribution < -0.4 is 10.7 Å². The normalized spacial score (nSPS) is 10.5. The van der Waals surface area contributed by atoms with E-state index in [0.717, 1.165) is 11.3 Å². The number of para-hydroxylation sites is 1. The lowest BCUT2D eigenvalue weighted by molar-refractivity contribution is 0.0943. The van der Waals surface area contributed by atoms with Gasteiger partial charge in [-0.15, -0.1) is 0 Å². The highest BCUT2D eigenvalue weighted by molar-refractivity contribution is 6.31. The Morgan fingerprint density at radius 2 is 1.80 bits per heavy atom. The van der Waals surface area contributed by atoms with E-state index in [1.165, 1.54) is 6.07 Å². The van der Waals surface area contributed by atoms with Gasteiger partial charge < -0.3 is 5.32 Å². The molecule has 0 fully saturated rings. The number of aryl methyl sites for hydroxylation is 1. The molecule has 1 heterocycles. The molecule has 0 bridgehead atoms. The van der Waals surface area contributed by atoms with E-state index >= 15 is 0 Å². The molecule has 0 radical (unpaired) electrons. The minimum atomic E-state index is -0.533. The lowest BCUT2D eigenvalue weighted by Crippen LogP contribution is -2.31. The quantitative estimate of drug-likeness (QED) is 0.783. The summed E-state index contributed by atoms with van der Waals surface area (Å²) in [5.74, 6) is -0.533.